The largest absolute Gasteiger partial charge is 0.349 e. The fourth-order valence-electron chi connectivity index (χ4n) is 2.36. The molecule has 0 bridgehead atoms. The van der Waals surface area contributed by atoms with Crippen LogP contribution in [0.3, 0.4) is 0 Å². The first-order valence-electron chi connectivity index (χ1n) is 6.03. The summed E-state index contributed by atoms with van der Waals surface area (Å²) in [5, 5.41) is 9.64. The molecule has 0 aliphatic heterocycles. The van der Waals surface area contributed by atoms with E-state index in [2.05, 4.69) is 15.5 Å². The number of hydrogen-bond acceptors (Lipinski definition) is 2. The van der Waals surface area contributed by atoms with Gasteiger partial charge in [0.1, 0.15) is 0 Å². The van der Waals surface area contributed by atoms with Crippen molar-refractivity contribution in [2.45, 2.75) is 45.1 Å². The van der Waals surface area contributed by atoms with Gasteiger partial charge >= 0.3 is 0 Å². The molecule has 1 heterocycles. The fourth-order valence-corrected chi connectivity index (χ4v) is 2.36. The zero-order chi connectivity index (χ0) is 11.4. The smallest absolute Gasteiger partial charge is 0.220 e. The molecule has 88 valence electrons. The van der Waals surface area contributed by atoms with E-state index in [1.165, 1.54) is 25.7 Å². The molecule has 0 spiro atoms. The SMILES string of the molecule is CC(NC(=O)CC1CCCC1)c1cn[nH]c1. The number of carbonyl (C=O) groups excluding carboxylic acids is 1. The molecule has 0 saturated heterocycles. The summed E-state index contributed by atoms with van der Waals surface area (Å²) in [6.07, 6.45) is 9.26. The molecule has 0 radical (unpaired) electrons. The number of H-pyrrole nitrogens is 1. The Morgan fingerprint density at radius 2 is 2.38 bits per heavy atom. The lowest BCUT2D eigenvalue weighted by Gasteiger charge is -2.14. The Balaban J connectivity index is 1.78. The van der Waals surface area contributed by atoms with Gasteiger partial charge in [-0.15, -0.1) is 0 Å². The van der Waals surface area contributed by atoms with E-state index in [1.54, 1.807) is 6.20 Å². The summed E-state index contributed by atoms with van der Waals surface area (Å²) in [5.74, 6) is 0.775. The van der Waals surface area contributed by atoms with Crippen LogP contribution in [0.1, 0.15) is 50.6 Å². The highest BCUT2D eigenvalue weighted by Gasteiger charge is 2.19. The predicted molar refractivity (Wildman–Crippen MR) is 61.7 cm³/mol. The molecule has 1 amide bonds. The molecule has 1 aromatic rings. The van der Waals surface area contributed by atoms with Crippen LogP contribution in [0.2, 0.25) is 0 Å². The molecule has 0 aromatic carbocycles. The molecule has 1 aliphatic rings. The lowest BCUT2D eigenvalue weighted by molar-refractivity contribution is -0.122. The molecular formula is C12H19N3O. The lowest BCUT2D eigenvalue weighted by atomic mass is 10.0. The molecule has 16 heavy (non-hydrogen) atoms. The van der Waals surface area contributed by atoms with Crippen LogP contribution in [0, 0.1) is 5.92 Å². The van der Waals surface area contributed by atoms with E-state index in [-0.39, 0.29) is 11.9 Å². The van der Waals surface area contributed by atoms with Gasteiger partial charge in [-0.05, 0) is 25.7 Å². The standard InChI is InChI=1S/C12H19N3O/c1-9(11-7-13-14-8-11)15-12(16)6-10-4-2-3-5-10/h7-10H,2-6H2,1H3,(H,13,14)(H,15,16). The topological polar surface area (TPSA) is 57.8 Å². The third-order valence-corrected chi connectivity index (χ3v) is 3.35. The molecule has 4 heteroatoms. The number of amides is 1. The van der Waals surface area contributed by atoms with Crippen molar-refractivity contribution in [1.29, 1.82) is 0 Å². The van der Waals surface area contributed by atoms with Crippen molar-refractivity contribution in [3.63, 3.8) is 0 Å². The Bertz CT molecular complexity index is 328. The highest BCUT2D eigenvalue weighted by atomic mass is 16.1. The van der Waals surface area contributed by atoms with Gasteiger partial charge < -0.3 is 5.32 Å². The second-order valence-corrected chi connectivity index (χ2v) is 4.68. The number of hydrogen-bond donors (Lipinski definition) is 2. The molecule has 1 aliphatic carbocycles. The lowest BCUT2D eigenvalue weighted by Crippen LogP contribution is -2.27. The highest BCUT2D eigenvalue weighted by molar-refractivity contribution is 5.76. The van der Waals surface area contributed by atoms with Crippen molar-refractivity contribution in [3.05, 3.63) is 18.0 Å². The first-order chi connectivity index (χ1) is 7.75. The van der Waals surface area contributed by atoms with Crippen LogP contribution in [0.4, 0.5) is 0 Å². The minimum absolute atomic E-state index is 0.0488. The van der Waals surface area contributed by atoms with Gasteiger partial charge in [0.25, 0.3) is 0 Å². The van der Waals surface area contributed by atoms with Gasteiger partial charge in [0.15, 0.2) is 0 Å². The number of nitrogens with zero attached hydrogens (tertiary/aromatic N) is 1. The molecule has 1 fully saturated rings. The summed E-state index contributed by atoms with van der Waals surface area (Å²) in [4.78, 5) is 11.8. The zero-order valence-electron chi connectivity index (χ0n) is 9.70. The van der Waals surface area contributed by atoms with Crippen LogP contribution in [-0.2, 0) is 4.79 Å². The Morgan fingerprint density at radius 3 is 3.00 bits per heavy atom. The van der Waals surface area contributed by atoms with E-state index in [4.69, 9.17) is 0 Å². The summed E-state index contributed by atoms with van der Waals surface area (Å²) in [7, 11) is 0. The van der Waals surface area contributed by atoms with E-state index in [1.807, 2.05) is 13.1 Å². The molecule has 4 nitrogen and oxygen atoms in total. The van der Waals surface area contributed by atoms with Crippen LogP contribution in [-0.4, -0.2) is 16.1 Å². The van der Waals surface area contributed by atoms with Crippen LogP contribution in [0.5, 0.6) is 0 Å². The van der Waals surface area contributed by atoms with Crippen LogP contribution >= 0.6 is 0 Å². The third-order valence-electron chi connectivity index (χ3n) is 3.35. The van der Waals surface area contributed by atoms with E-state index in [9.17, 15) is 4.79 Å². The van der Waals surface area contributed by atoms with E-state index < -0.39 is 0 Å². The normalized spacial score (nSPS) is 18.6. The Kier molecular flexibility index (Phi) is 3.59. The Labute approximate surface area is 95.8 Å². The van der Waals surface area contributed by atoms with Crippen molar-refractivity contribution in [3.8, 4) is 0 Å². The Hall–Kier alpha value is -1.32. The van der Waals surface area contributed by atoms with E-state index in [0.29, 0.717) is 12.3 Å². The van der Waals surface area contributed by atoms with Gasteiger partial charge in [-0.2, -0.15) is 5.10 Å². The van der Waals surface area contributed by atoms with E-state index in [0.717, 1.165) is 5.56 Å². The van der Waals surface area contributed by atoms with Gasteiger partial charge in [0.2, 0.25) is 5.91 Å². The van der Waals surface area contributed by atoms with Gasteiger partial charge in [-0.3, -0.25) is 9.89 Å². The van der Waals surface area contributed by atoms with Crippen molar-refractivity contribution in [2.24, 2.45) is 5.92 Å². The highest BCUT2D eigenvalue weighted by Crippen LogP contribution is 2.27. The second-order valence-electron chi connectivity index (χ2n) is 4.68. The maximum atomic E-state index is 11.8. The number of carbonyl (C=O) groups is 1. The van der Waals surface area contributed by atoms with Crippen LogP contribution < -0.4 is 5.32 Å². The molecule has 1 unspecified atom stereocenters. The van der Waals surface area contributed by atoms with Crippen molar-refractivity contribution >= 4 is 5.91 Å². The number of aromatic nitrogens is 2. The zero-order valence-corrected chi connectivity index (χ0v) is 9.70. The molecular weight excluding hydrogens is 202 g/mol. The number of rotatable bonds is 4. The van der Waals surface area contributed by atoms with Crippen molar-refractivity contribution in [1.82, 2.24) is 15.5 Å². The minimum Gasteiger partial charge on any atom is -0.349 e. The van der Waals surface area contributed by atoms with Gasteiger partial charge in [-0.25, -0.2) is 0 Å². The van der Waals surface area contributed by atoms with Crippen LogP contribution in [0.25, 0.3) is 0 Å². The second kappa shape index (κ2) is 5.14. The average Bonchev–Trinajstić information content (AvgIpc) is 2.88. The maximum Gasteiger partial charge on any atom is 0.220 e. The molecule has 1 atom stereocenters. The number of nitrogens with one attached hydrogen (secondary N) is 2. The van der Waals surface area contributed by atoms with Crippen molar-refractivity contribution < 1.29 is 4.79 Å². The summed E-state index contributed by atoms with van der Waals surface area (Å²) >= 11 is 0. The molecule has 1 saturated carbocycles. The summed E-state index contributed by atoms with van der Waals surface area (Å²) in [6, 6.07) is 0.0488. The number of aromatic amines is 1. The fraction of sp³-hybridized carbons (Fsp3) is 0.667. The first-order valence-corrected chi connectivity index (χ1v) is 6.03. The van der Waals surface area contributed by atoms with E-state index >= 15 is 0 Å². The average molecular weight is 221 g/mol. The molecule has 1 aromatic heterocycles. The summed E-state index contributed by atoms with van der Waals surface area (Å²) in [6.45, 7) is 1.98. The predicted octanol–water partition coefficient (Wildman–Crippen LogP) is 2.17. The third kappa shape index (κ3) is 2.84. The molecule has 2 rings (SSSR count). The van der Waals surface area contributed by atoms with Gasteiger partial charge in [0, 0.05) is 18.2 Å². The van der Waals surface area contributed by atoms with Gasteiger partial charge in [-0.1, -0.05) is 12.8 Å². The summed E-state index contributed by atoms with van der Waals surface area (Å²) in [5.41, 5.74) is 1.03. The van der Waals surface area contributed by atoms with Crippen molar-refractivity contribution in [2.75, 3.05) is 0 Å². The quantitative estimate of drug-likeness (QED) is 0.818. The minimum atomic E-state index is 0.0488. The Morgan fingerprint density at radius 1 is 1.62 bits per heavy atom. The van der Waals surface area contributed by atoms with Gasteiger partial charge in [0.05, 0.1) is 12.2 Å². The monoisotopic (exact) mass is 221 g/mol. The maximum absolute atomic E-state index is 11.8. The molecule has 2 N–H and O–H groups in total. The first kappa shape index (κ1) is 11.2. The van der Waals surface area contributed by atoms with Crippen LogP contribution in [0.15, 0.2) is 12.4 Å². The summed E-state index contributed by atoms with van der Waals surface area (Å²) < 4.78 is 0.